The van der Waals surface area contributed by atoms with Crippen LogP contribution in [0.3, 0.4) is 0 Å². The van der Waals surface area contributed by atoms with E-state index in [0.717, 1.165) is 0 Å². The summed E-state index contributed by atoms with van der Waals surface area (Å²) in [5.41, 5.74) is -3.65. The molecule has 6 aromatic carbocycles. The molecule has 0 atom stereocenters. The molecule has 0 aliphatic carbocycles. The van der Waals surface area contributed by atoms with Crippen LogP contribution in [0.1, 0.15) is 0 Å². The van der Waals surface area contributed by atoms with Gasteiger partial charge in [0.1, 0.15) is 0 Å². The van der Waals surface area contributed by atoms with E-state index in [9.17, 15) is 13.2 Å². The Morgan fingerprint density at radius 3 is 0.755 bits per heavy atom. The molecular formula is C41H33ClF3IrO4P2S. The van der Waals surface area contributed by atoms with Crippen molar-refractivity contribution < 1.29 is 48.7 Å². The maximum atomic E-state index is 10.7. The van der Waals surface area contributed by atoms with Gasteiger partial charge >= 0.3 is 44.3 Å². The van der Waals surface area contributed by atoms with E-state index in [1.54, 1.807) is 0 Å². The zero-order valence-electron chi connectivity index (χ0n) is 27.9. The average molecular weight is 968 g/mol. The number of rotatable bonds is 6. The summed E-state index contributed by atoms with van der Waals surface area (Å²) in [6.45, 7) is 12.0. The van der Waals surface area contributed by atoms with Crippen molar-refractivity contribution in [1.82, 2.24) is 0 Å². The van der Waals surface area contributed by atoms with E-state index in [0.29, 0.717) is 0 Å². The predicted octanol–water partition coefficient (Wildman–Crippen LogP) is 8.35. The van der Waals surface area contributed by atoms with Crippen LogP contribution in [0.15, 0.2) is 194 Å². The summed E-state index contributed by atoms with van der Waals surface area (Å²) in [4.78, 5) is 0. The third kappa shape index (κ3) is 17.2. The molecule has 0 unspecified atom stereocenters. The Hall–Kier alpha value is -3.92. The van der Waals surface area contributed by atoms with E-state index in [2.05, 4.69) is 211 Å². The minimum absolute atomic E-state index is 0.446. The van der Waals surface area contributed by atoms with Gasteiger partial charge in [-0.05, 0) is 47.7 Å². The van der Waals surface area contributed by atoms with Crippen LogP contribution >= 0.6 is 25.4 Å². The first-order valence-corrected chi connectivity index (χ1v) is 22.1. The van der Waals surface area contributed by atoms with Crippen molar-refractivity contribution in [3.05, 3.63) is 208 Å². The maximum absolute atomic E-state index is 10.7. The summed E-state index contributed by atoms with van der Waals surface area (Å²) in [6, 6.07) is 64.7. The van der Waals surface area contributed by atoms with Gasteiger partial charge in [0.15, 0.2) is 10.1 Å². The predicted molar refractivity (Wildman–Crippen MR) is 209 cm³/mol. The summed E-state index contributed by atoms with van der Waals surface area (Å²) >= 11 is 1.47. The van der Waals surface area contributed by atoms with Crippen LogP contribution < -0.4 is 31.8 Å². The van der Waals surface area contributed by atoms with Crippen LogP contribution in [0.5, 0.6) is 0 Å². The van der Waals surface area contributed by atoms with Crippen molar-refractivity contribution in [2.75, 3.05) is 0 Å². The Morgan fingerprint density at radius 1 is 0.547 bits per heavy atom. The van der Waals surface area contributed by atoms with Crippen LogP contribution in [0.2, 0.25) is 0 Å². The second-order valence-corrected chi connectivity index (χ2v) is 15.6. The molecule has 0 aromatic heterocycles. The molecule has 0 spiro atoms. The van der Waals surface area contributed by atoms with E-state index in [4.69, 9.17) is 17.6 Å². The molecule has 0 fully saturated rings. The largest absolute Gasteiger partial charge is 0.0622 e. The molecule has 6 aromatic rings. The standard InChI is InChI=1S/2C18H15P.C3H3.CHF3O3S.CO.ClH.Ir/c2*1-4-10-16(11-5-1)19(17-12-6-2-7-13-17)18-14-8-3-9-15-18;1-3-2;2-1(3,4)8(5,6)7;1-2;;/h2*1-15H;1H,2H2;(H,5,6,7);;1H;/q;;-1;;;;+3/p-2. The Morgan fingerprint density at radius 2 is 0.660 bits per heavy atom. The third-order valence-electron chi connectivity index (χ3n) is 6.37. The molecule has 4 nitrogen and oxygen atoms in total. The van der Waals surface area contributed by atoms with E-state index < -0.39 is 31.5 Å². The van der Waals surface area contributed by atoms with Crippen molar-refractivity contribution in [2.24, 2.45) is 0 Å². The van der Waals surface area contributed by atoms with Gasteiger partial charge in [0, 0.05) is 0 Å². The maximum Gasteiger partial charge on any atom is -0.0134 e. The van der Waals surface area contributed by atoms with Crippen molar-refractivity contribution in [3.63, 3.8) is 0 Å². The normalized spacial score (nSPS) is 10.0. The topological polar surface area (TPSA) is 77.1 Å². The number of hydrogen-bond donors (Lipinski definition) is 0. The minimum Gasteiger partial charge on any atom is -0.0622 e. The summed E-state index contributed by atoms with van der Waals surface area (Å²) < 4.78 is 66.4. The molecule has 0 radical (unpaired) electrons. The van der Waals surface area contributed by atoms with Crippen LogP contribution in [0, 0.1) is 13.2 Å². The van der Waals surface area contributed by atoms with Gasteiger partial charge in [-0.1, -0.05) is 182 Å². The summed E-state index contributed by atoms with van der Waals surface area (Å²) in [5.74, 6) is 0. The second-order valence-electron chi connectivity index (χ2n) is 9.79. The smallest absolute Gasteiger partial charge is 0.0134 e. The molecule has 53 heavy (non-hydrogen) atoms. The molecule has 0 aliphatic heterocycles. The van der Waals surface area contributed by atoms with Crippen LogP contribution in [0.4, 0.5) is 13.2 Å². The van der Waals surface area contributed by atoms with Crippen LogP contribution in [0.25, 0.3) is 0 Å². The first-order chi connectivity index (χ1) is 25.6. The minimum atomic E-state index is -6.09. The van der Waals surface area contributed by atoms with Crippen molar-refractivity contribution in [1.29, 1.82) is 0 Å². The van der Waals surface area contributed by atoms with Gasteiger partial charge in [0.25, 0.3) is 0 Å². The third-order valence-corrected chi connectivity index (χ3v) is 11.8. The first kappa shape index (κ1) is 47.1. The van der Waals surface area contributed by atoms with Crippen molar-refractivity contribution in [2.45, 2.75) is 5.51 Å². The van der Waals surface area contributed by atoms with Crippen molar-refractivity contribution in [3.8, 4) is 0 Å². The Balaban J connectivity index is 0.000000390. The Labute approximate surface area is 327 Å². The molecule has 0 N–H and O–H groups in total. The summed E-state index contributed by atoms with van der Waals surface area (Å²) in [7, 11) is -2.34. The molecule has 274 valence electrons. The number of alkyl halides is 3. The number of hydrogen-bond acceptors (Lipinski definition) is 3. The van der Waals surface area contributed by atoms with Gasteiger partial charge in [-0.2, -0.15) is 13.2 Å². The molecular weight excluding hydrogens is 935 g/mol. The molecule has 0 saturated carbocycles. The summed E-state index contributed by atoms with van der Waals surface area (Å²) in [6.07, 6.45) is 0. The molecule has 0 bridgehead atoms. The SMILES string of the molecule is O=S(=O)([O-])C(F)(F)F.[C-]#[O+].[CH-]=C=C.[Cl][Ir+2].c1ccc(P(c2ccccc2)c2ccccc2)cc1.c1ccc(P(c2ccccc2)c2ccccc2)cc1. The van der Waals surface area contributed by atoms with Crippen LogP contribution in [-0.2, 0) is 32.7 Å². The Bertz CT molecular complexity index is 1680. The Kier molecular flexibility index (Phi) is 23.8. The van der Waals surface area contributed by atoms with Crippen molar-refractivity contribution >= 4 is 67.4 Å². The fourth-order valence-corrected chi connectivity index (χ4v) is 8.97. The molecule has 6 rings (SSSR count). The average Bonchev–Trinajstić information content (AvgIpc) is 3.19. The van der Waals surface area contributed by atoms with Gasteiger partial charge in [-0.3, -0.25) is 0 Å². The number of benzene rings is 6. The summed E-state index contributed by atoms with van der Waals surface area (Å²) in [5, 5.41) is 8.39. The van der Waals surface area contributed by atoms with Gasteiger partial charge in [0.05, 0.1) is 0 Å². The fourth-order valence-electron chi connectivity index (χ4n) is 4.36. The quantitative estimate of drug-likeness (QED) is 0.0421. The molecule has 0 saturated heterocycles. The monoisotopic (exact) mass is 968 g/mol. The molecule has 0 heterocycles. The van der Waals surface area contributed by atoms with E-state index >= 15 is 0 Å². The van der Waals surface area contributed by atoms with Gasteiger partial charge < -0.3 is 10.3 Å². The fraction of sp³-hybridized carbons (Fsp3) is 0.0244. The molecule has 12 heteroatoms. The van der Waals surface area contributed by atoms with Gasteiger partial charge in [-0.15, -0.1) is 0 Å². The number of halogens is 4. The molecule has 0 amide bonds. The van der Waals surface area contributed by atoms with Gasteiger partial charge in [-0.25, -0.2) is 21.6 Å². The second kappa shape index (κ2) is 26.8. The van der Waals surface area contributed by atoms with E-state index in [-0.39, 0.29) is 0 Å². The zero-order chi connectivity index (χ0) is 39.5. The first-order valence-electron chi connectivity index (χ1n) is 15.0. The molecule has 0 aliphatic rings. The zero-order valence-corrected chi connectivity index (χ0v) is 33.6. The van der Waals surface area contributed by atoms with Gasteiger partial charge in [0.2, 0.25) is 0 Å². The van der Waals surface area contributed by atoms with E-state index in [1.807, 2.05) is 5.73 Å². The van der Waals surface area contributed by atoms with Crippen LogP contribution in [-0.4, -0.2) is 18.5 Å². The van der Waals surface area contributed by atoms with E-state index in [1.165, 1.54) is 49.7 Å².